The van der Waals surface area contributed by atoms with Crippen molar-refractivity contribution >= 4 is 60.9 Å². The molecular weight excluding hydrogens is 203 g/mol. The molecule has 0 spiro atoms. The summed E-state index contributed by atoms with van der Waals surface area (Å²) in [6.45, 7) is 3.53. The topological polar surface area (TPSA) is 87.1 Å². The summed E-state index contributed by atoms with van der Waals surface area (Å²) in [5, 5.41) is 16.2. The molecule has 1 saturated heterocycles. The molecule has 1 heterocycles. The summed E-state index contributed by atoms with van der Waals surface area (Å²) >= 11 is 0.995. The Morgan fingerprint density at radius 2 is 1.69 bits per heavy atom. The third-order valence-electron chi connectivity index (χ3n) is 1.27. The number of ether oxygens (including phenoxy) is 1. The summed E-state index contributed by atoms with van der Waals surface area (Å²) in [5.41, 5.74) is 0. The van der Waals surface area contributed by atoms with Crippen molar-refractivity contribution in [3.8, 4) is 0 Å². The minimum absolute atomic E-state index is 0.995. The van der Waals surface area contributed by atoms with E-state index in [1.54, 1.807) is 0 Å². The molecule has 2 unspecified atom stereocenters. The number of carboxylic acid groups (broad SMARTS) is 2. The van der Waals surface area contributed by atoms with Crippen LogP contribution in [-0.4, -0.2) is 83.3 Å². The van der Waals surface area contributed by atoms with Gasteiger partial charge in [-0.05, 0) is 0 Å². The number of epoxide rings is 1. The summed E-state index contributed by atoms with van der Waals surface area (Å²) < 4.78 is 5.51. The van der Waals surface area contributed by atoms with Crippen LogP contribution in [0, 0.1) is 0 Å². The van der Waals surface area contributed by atoms with E-state index in [2.05, 4.69) is 11.3 Å². The first-order valence-corrected chi connectivity index (χ1v) is 5.97. The molecule has 1 rings (SSSR count). The van der Waals surface area contributed by atoms with Crippen LogP contribution in [0.25, 0.3) is 0 Å². The predicted molar refractivity (Wildman–Crippen MR) is 44.7 cm³/mol. The first-order chi connectivity index (χ1) is 6.04. The van der Waals surface area contributed by atoms with E-state index in [0.29, 0.717) is 0 Å². The fourth-order valence-electron chi connectivity index (χ4n) is 0.488. The normalized spacial score (nSPS) is 23.8. The third kappa shape index (κ3) is 5.56. The van der Waals surface area contributed by atoms with E-state index in [1.807, 2.05) is 6.08 Å². The fourth-order valence-corrected chi connectivity index (χ4v) is 0.488. The van der Waals surface area contributed by atoms with Crippen molar-refractivity contribution in [1.29, 1.82) is 0 Å². The van der Waals surface area contributed by atoms with Gasteiger partial charge in [0.05, 0.1) is 0 Å². The van der Waals surface area contributed by atoms with Crippen LogP contribution in [0.5, 0.6) is 0 Å². The molecule has 1 fully saturated rings. The molecule has 13 heavy (non-hydrogen) atoms. The summed E-state index contributed by atoms with van der Waals surface area (Å²) in [5.74, 6) is -2.44. The maximum atomic E-state index is 9.89. The van der Waals surface area contributed by atoms with Crippen LogP contribution in [0.1, 0.15) is 0 Å². The second-order valence-electron chi connectivity index (χ2n) is 2.35. The second kappa shape index (κ2) is 6.69. The van der Waals surface area contributed by atoms with Gasteiger partial charge < -0.3 is 14.9 Å². The van der Waals surface area contributed by atoms with E-state index in [-0.39, 0.29) is 0 Å². The van der Waals surface area contributed by atoms with Gasteiger partial charge in [-0.15, -0.1) is 0 Å². The van der Waals surface area contributed by atoms with Gasteiger partial charge in [-0.1, -0.05) is 0 Å². The Balaban J connectivity index is 0.000000310. The smallest absolute Gasteiger partial charge is 0.336 e. The number of allylic oxidation sites excluding steroid dienone is 1. The average molecular weight is 212 g/mol. The molecule has 0 bridgehead atoms. The van der Waals surface area contributed by atoms with E-state index < -0.39 is 24.1 Å². The van der Waals surface area contributed by atoms with Gasteiger partial charge in [0.1, 0.15) is 0 Å². The van der Waals surface area contributed by atoms with Crippen molar-refractivity contribution in [2.45, 2.75) is 12.7 Å². The van der Waals surface area contributed by atoms with E-state index in [9.17, 15) is 9.59 Å². The minimum Gasteiger partial charge on any atom is -0.479 e. The van der Waals surface area contributed by atoms with E-state index in [4.69, 9.17) is 10.2 Å². The van der Waals surface area contributed by atoms with Gasteiger partial charge in [0.25, 0.3) is 0 Å². The van der Waals surface area contributed by atoms with Crippen molar-refractivity contribution < 1.29 is 24.5 Å². The second-order valence-corrected chi connectivity index (χ2v) is 3.63. The van der Waals surface area contributed by atoms with Gasteiger partial charge in [-0.2, -0.15) is 0 Å². The van der Waals surface area contributed by atoms with Crippen molar-refractivity contribution in [1.82, 2.24) is 0 Å². The molecule has 1 aliphatic heterocycles. The van der Waals surface area contributed by atoms with Gasteiger partial charge in [0.2, 0.25) is 0 Å². The Morgan fingerprint density at radius 1 is 1.38 bits per heavy atom. The van der Waals surface area contributed by atoms with Gasteiger partial charge in [0, 0.05) is 0 Å². The zero-order valence-corrected chi connectivity index (χ0v) is 10.4. The Morgan fingerprint density at radius 3 is 1.77 bits per heavy atom. The molecule has 2 N–H and O–H groups in total. The fraction of sp³-hybridized carbons (Fsp3) is 0.429. The molecule has 0 radical (unpaired) electrons. The molecule has 0 aromatic carbocycles. The summed E-state index contributed by atoms with van der Waals surface area (Å²) in [4.78, 5) is 19.8. The summed E-state index contributed by atoms with van der Waals surface area (Å²) in [7, 11) is 0. The number of aliphatic carboxylic acids is 2. The molecule has 0 aromatic heterocycles. The van der Waals surface area contributed by atoms with Gasteiger partial charge >= 0.3 is 74.1 Å². The summed E-state index contributed by atoms with van der Waals surface area (Å²) in [6, 6.07) is 0. The van der Waals surface area contributed by atoms with Crippen LogP contribution in [0.2, 0.25) is 0.515 Å². The van der Waals surface area contributed by atoms with E-state index in [0.717, 1.165) is 49.0 Å². The molecule has 0 amide bonds. The molecule has 1 aliphatic rings. The Labute approximate surface area is 109 Å². The van der Waals surface area contributed by atoms with Gasteiger partial charge in [-0.3, -0.25) is 0 Å². The number of rotatable bonds is 3. The molecule has 6 heteroatoms. The molecule has 2 atom stereocenters. The monoisotopic (exact) mass is 212 g/mol. The predicted octanol–water partition coefficient (Wildman–Crippen LogP) is -0.318. The zero-order valence-electron chi connectivity index (χ0n) is 7.27. The molecule has 0 aliphatic carbocycles. The number of hydrogen-bond acceptors (Lipinski definition) is 3. The average Bonchev–Trinajstić information content (AvgIpc) is 2.83. The zero-order chi connectivity index (χ0) is 10.4. The van der Waals surface area contributed by atoms with Gasteiger partial charge in [0.15, 0.2) is 12.2 Å². The van der Waals surface area contributed by atoms with Crippen LogP contribution >= 0.6 is 0 Å². The first-order valence-electron chi connectivity index (χ1n) is 3.76. The SMILES string of the molecule is C=C[CH2][K].O=C(O)C1OC1C(=O)O. The molecular formula is C7H9KO5. The quantitative estimate of drug-likeness (QED) is 0.380. The molecule has 0 aromatic rings. The summed E-state index contributed by atoms with van der Waals surface area (Å²) in [6.07, 6.45) is -0.287. The van der Waals surface area contributed by atoms with E-state index in [1.165, 1.54) is 0.515 Å². The first kappa shape index (κ1) is 13.3. The largest absolute Gasteiger partial charge is 0.479 e. The number of hydrogen-bond donors (Lipinski definition) is 2. The van der Waals surface area contributed by atoms with Gasteiger partial charge in [-0.25, -0.2) is 9.59 Å². The van der Waals surface area contributed by atoms with Crippen LogP contribution in [0.15, 0.2) is 12.7 Å². The Hall–Kier alpha value is 0.276. The standard InChI is InChI=1S/C4H4O5.C3H5.K/c5-3(6)1-2(9-1)4(7)8;1-3-2;/h1-2H,(H,5,6)(H,7,8);3H,1-2H2;. The van der Waals surface area contributed by atoms with Crippen molar-refractivity contribution in [2.24, 2.45) is 0 Å². The van der Waals surface area contributed by atoms with Crippen molar-refractivity contribution in [3.05, 3.63) is 12.7 Å². The van der Waals surface area contributed by atoms with Crippen LogP contribution in [0.3, 0.4) is 0 Å². The molecule has 68 valence electrons. The van der Waals surface area contributed by atoms with Crippen molar-refractivity contribution in [3.63, 3.8) is 0 Å². The minimum atomic E-state index is -1.22. The van der Waals surface area contributed by atoms with Crippen LogP contribution in [0.4, 0.5) is 0 Å². The Kier molecular flexibility index (Phi) is 6.83. The maximum absolute atomic E-state index is 9.89. The Bertz CT molecular complexity index is 197. The number of carboxylic acids is 2. The van der Waals surface area contributed by atoms with Crippen LogP contribution in [-0.2, 0) is 14.3 Å². The maximum Gasteiger partial charge on any atom is 0.336 e. The molecule has 5 nitrogen and oxygen atoms in total. The van der Waals surface area contributed by atoms with Crippen molar-refractivity contribution in [2.75, 3.05) is 0 Å². The molecule has 0 saturated carbocycles. The van der Waals surface area contributed by atoms with Crippen LogP contribution < -0.4 is 0 Å². The number of carbonyl (C=O) groups is 2. The third-order valence-corrected chi connectivity index (χ3v) is 2.17. The van der Waals surface area contributed by atoms with E-state index >= 15 is 0 Å².